The average Bonchev–Trinajstić information content (AvgIpc) is 3.15. The Morgan fingerprint density at radius 1 is 1.06 bits per heavy atom. The first-order valence-electron chi connectivity index (χ1n) is 10.1. The van der Waals surface area contributed by atoms with Crippen molar-refractivity contribution in [2.45, 2.75) is 4.90 Å². The normalized spacial score (nSPS) is 11.7. The van der Waals surface area contributed by atoms with E-state index in [0.29, 0.717) is 15.4 Å². The summed E-state index contributed by atoms with van der Waals surface area (Å²) in [6.07, 6.45) is 0. The van der Waals surface area contributed by atoms with Gasteiger partial charge in [-0.2, -0.15) is 0 Å². The highest BCUT2D eigenvalue weighted by Crippen LogP contribution is 2.37. The quantitative estimate of drug-likeness (QED) is 0.248. The Morgan fingerprint density at radius 2 is 1.74 bits per heavy atom. The number of rotatable bonds is 7. The maximum atomic E-state index is 13.6. The first-order chi connectivity index (χ1) is 16.7. The Balaban J connectivity index is 1.71. The summed E-state index contributed by atoms with van der Waals surface area (Å²) in [6, 6.07) is 18.0. The molecular formula is C23H18Br2N4O5S. The Labute approximate surface area is 217 Å². The number of fused-ring (bicyclic) bond motifs is 1. The van der Waals surface area contributed by atoms with Gasteiger partial charge in [0, 0.05) is 14.3 Å². The van der Waals surface area contributed by atoms with Gasteiger partial charge >= 0.3 is 0 Å². The number of aromatic amines is 1. The molecule has 0 aliphatic carbocycles. The van der Waals surface area contributed by atoms with Crippen molar-refractivity contribution in [2.24, 2.45) is 10.2 Å². The van der Waals surface area contributed by atoms with E-state index < -0.39 is 22.5 Å². The lowest BCUT2D eigenvalue weighted by atomic mass is 10.2. The van der Waals surface area contributed by atoms with Gasteiger partial charge in [-0.15, -0.1) is 10.2 Å². The number of para-hydroxylation sites is 1. The van der Waals surface area contributed by atoms with E-state index in [1.807, 2.05) is 0 Å². The molecular weight excluding hydrogens is 604 g/mol. The van der Waals surface area contributed by atoms with Crippen molar-refractivity contribution in [3.8, 4) is 11.6 Å². The Hall–Kier alpha value is -3.22. The van der Waals surface area contributed by atoms with E-state index in [0.717, 1.165) is 8.78 Å². The molecule has 4 rings (SSSR count). The maximum Gasteiger partial charge on any atom is 0.285 e. The van der Waals surface area contributed by atoms with E-state index in [4.69, 9.17) is 4.74 Å². The number of amides is 1. The van der Waals surface area contributed by atoms with Crippen LogP contribution in [0.25, 0.3) is 10.9 Å². The van der Waals surface area contributed by atoms with Crippen LogP contribution in [-0.2, 0) is 14.8 Å². The largest absolute Gasteiger partial charge is 0.495 e. The predicted octanol–water partition coefficient (Wildman–Crippen LogP) is 5.91. The van der Waals surface area contributed by atoms with Crippen LogP contribution in [0.5, 0.6) is 11.6 Å². The van der Waals surface area contributed by atoms with Crippen LogP contribution in [0, 0.1) is 0 Å². The second kappa shape index (κ2) is 10.2. The van der Waals surface area contributed by atoms with E-state index in [-0.39, 0.29) is 27.9 Å². The number of aromatic hydroxyl groups is 1. The number of carbonyl (C=O) groups is 1. The molecule has 0 unspecified atom stereocenters. The van der Waals surface area contributed by atoms with Crippen molar-refractivity contribution in [1.82, 2.24) is 4.98 Å². The van der Waals surface area contributed by atoms with Crippen LogP contribution in [0.3, 0.4) is 0 Å². The van der Waals surface area contributed by atoms with Gasteiger partial charge < -0.3 is 14.8 Å². The highest BCUT2D eigenvalue weighted by Gasteiger charge is 2.30. The van der Waals surface area contributed by atoms with Gasteiger partial charge in [-0.3, -0.25) is 9.10 Å². The van der Waals surface area contributed by atoms with Crippen LogP contribution in [0.1, 0.15) is 0 Å². The smallest absolute Gasteiger partial charge is 0.285 e. The molecule has 180 valence electrons. The third-order valence-electron chi connectivity index (χ3n) is 4.99. The fourth-order valence-electron chi connectivity index (χ4n) is 3.38. The van der Waals surface area contributed by atoms with Gasteiger partial charge in [-0.05, 0) is 48.5 Å². The number of H-pyrrole nitrogens is 1. The number of methoxy groups -OCH3 is 1. The molecule has 2 N–H and O–H groups in total. The van der Waals surface area contributed by atoms with Crippen LogP contribution in [-0.4, -0.2) is 38.1 Å². The molecule has 1 amide bonds. The summed E-state index contributed by atoms with van der Waals surface area (Å²) in [6.45, 7) is -0.627. The van der Waals surface area contributed by atoms with Crippen molar-refractivity contribution in [2.75, 3.05) is 18.0 Å². The number of nitrogens with one attached hydrogen (secondary N) is 1. The van der Waals surface area contributed by atoms with Crippen molar-refractivity contribution in [3.05, 3.63) is 75.7 Å². The maximum absolute atomic E-state index is 13.6. The first-order valence-corrected chi connectivity index (χ1v) is 13.1. The van der Waals surface area contributed by atoms with Gasteiger partial charge in [-0.1, -0.05) is 50.1 Å². The molecule has 12 heteroatoms. The number of hydrogen-bond acceptors (Lipinski definition) is 6. The summed E-state index contributed by atoms with van der Waals surface area (Å²) in [5.74, 6) is -0.978. The zero-order valence-corrected chi connectivity index (χ0v) is 22.1. The standard InChI is InChI=1S/C23H18Br2N4O5S/c1-34-19-10-8-15(25)12-20(19)35(32,33)29(16-5-3-2-4-6-16)13-21(30)27-28-22-17-11-14(24)7-9-18(17)26-23(22)31/h2-12,26,31H,13H2,1H3. The number of halogens is 2. The van der Waals surface area contributed by atoms with E-state index in [2.05, 4.69) is 47.1 Å². The molecule has 0 saturated heterocycles. The van der Waals surface area contributed by atoms with Crippen LogP contribution < -0.4 is 9.04 Å². The summed E-state index contributed by atoms with van der Waals surface area (Å²) in [4.78, 5) is 15.5. The minimum absolute atomic E-state index is 0.0671. The fourth-order valence-corrected chi connectivity index (χ4v) is 5.85. The molecule has 4 aromatic rings. The van der Waals surface area contributed by atoms with Crippen molar-refractivity contribution in [3.63, 3.8) is 0 Å². The number of ether oxygens (including phenoxy) is 1. The highest BCUT2D eigenvalue weighted by molar-refractivity contribution is 9.10. The minimum Gasteiger partial charge on any atom is -0.495 e. The van der Waals surface area contributed by atoms with Crippen molar-refractivity contribution < 1.29 is 23.1 Å². The summed E-state index contributed by atoms with van der Waals surface area (Å²) in [7, 11) is -2.88. The molecule has 0 atom stereocenters. The zero-order valence-electron chi connectivity index (χ0n) is 18.1. The highest BCUT2D eigenvalue weighted by atomic mass is 79.9. The summed E-state index contributed by atoms with van der Waals surface area (Å²) in [5.41, 5.74) is 0.928. The second-order valence-corrected chi connectivity index (χ2v) is 10.9. The Bertz CT molecular complexity index is 1540. The third kappa shape index (κ3) is 5.24. The summed E-state index contributed by atoms with van der Waals surface area (Å²) in [5, 5.41) is 18.3. The molecule has 0 fully saturated rings. The second-order valence-electron chi connectivity index (χ2n) is 7.25. The number of nitrogens with zero attached hydrogens (tertiary/aromatic N) is 3. The molecule has 0 aliphatic heterocycles. The average molecular weight is 622 g/mol. The van der Waals surface area contributed by atoms with Crippen molar-refractivity contribution in [1.29, 1.82) is 0 Å². The van der Waals surface area contributed by atoms with Crippen molar-refractivity contribution >= 4 is 70.1 Å². The van der Waals surface area contributed by atoms with Crippen LogP contribution >= 0.6 is 31.9 Å². The molecule has 0 radical (unpaired) electrons. The van der Waals surface area contributed by atoms with Gasteiger partial charge in [0.1, 0.15) is 17.2 Å². The van der Waals surface area contributed by atoms with Gasteiger partial charge in [-0.25, -0.2) is 8.42 Å². The lowest BCUT2D eigenvalue weighted by Crippen LogP contribution is -2.35. The van der Waals surface area contributed by atoms with E-state index in [1.54, 1.807) is 54.6 Å². The Kier molecular flexibility index (Phi) is 7.24. The topological polar surface area (TPSA) is 124 Å². The molecule has 9 nitrogen and oxygen atoms in total. The SMILES string of the molecule is COc1ccc(Br)cc1S(=O)(=O)N(CC(=O)N=Nc1c(O)[nH]c2ccc(Br)cc12)c1ccccc1. The molecule has 1 heterocycles. The predicted molar refractivity (Wildman–Crippen MR) is 139 cm³/mol. The first kappa shape index (κ1) is 24.9. The fraction of sp³-hybridized carbons (Fsp3) is 0.0870. The molecule has 0 saturated carbocycles. The number of anilines is 1. The number of hydrogen-bond donors (Lipinski definition) is 2. The van der Waals surface area contributed by atoms with Gasteiger partial charge in [0.05, 0.1) is 18.3 Å². The zero-order chi connectivity index (χ0) is 25.2. The molecule has 0 bridgehead atoms. The third-order valence-corrected chi connectivity index (χ3v) is 7.77. The molecule has 1 aromatic heterocycles. The van der Waals surface area contributed by atoms with E-state index >= 15 is 0 Å². The van der Waals surface area contributed by atoms with E-state index in [9.17, 15) is 18.3 Å². The molecule has 0 aliphatic rings. The number of carbonyl (C=O) groups excluding carboxylic acids is 1. The summed E-state index contributed by atoms with van der Waals surface area (Å²) < 4.78 is 34.8. The van der Waals surface area contributed by atoms with Crippen LogP contribution in [0.2, 0.25) is 0 Å². The summed E-state index contributed by atoms with van der Waals surface area (Å²) >= 11 is 6.64. The molecule has 0 spiro atoms. The lowest BCUT2D eigenvalue weighted by Gasteiger charge is -2.24. The molecule has 35 heavy (non-hydrogen) atoms. The number of azo groups is 1. The lowest BCUT2D eigenvalue weighted by molar-refractivity contribution is -0.116. The van der Waals surface area contributed by atoms with Gasteiger partial charge in [0.15, 0.2) is 5.69 Å². The number of sulfonamides is 1. The molecule has 3 aromatic carbocycles. The number of aromatic nitrogens is 1. The number of benzene rings is 3. The van der Waals surface area contributed by atoms with Gasteiger partial charge in [0.25, 0.3) is 15.9 Å². The van der Waals surface area contributed by atoms with Gasteiger partial charge in [0.2, 0.25) is 5.88 Å². The van der Waals surface area contributed by atoms with Crippen LogP contribution in [0.4, 0.5) is 11.4 Å². The minimum atomic E-state index is -4.24. The van der Waals surface area contributed by atoms with E-state index in [1.165, 1.54) is 19.2 Å². The monoisotopic (exact) mass is 620 g/mol. The van der Waals surface area contributed by atoms with Crippen LogP contribution in [0.15, 0.2) is 90.8 Å². The Morgan fingerprint density at radius 3 is 2.46 bits per heavy atom.